The third-order valence-electron chi connectivity index (χ3n) is 0.700. The minimum absolute atomic E-state index is 1.50. The van der Waals surface area contributed by atoms with Crippen LogP contribution in [0.25, 0.3) is 0 Å². The Hall–Kier alpha value is -1.18. The Morgan fingerprint density at radius 2 is 1.88 bits per heavy atom. The summed E-state index contributed by atoms with van der Waals surface area (Å²) in [4.78, 5) is 7.55. The fraction of sp³-hybridized carbons (Fsp3) is 0. The summed E-state index contributed by atoms with van der Waals surface area (Å²) in [5, 5.41) is 0. The van der Waals surface area contributed by atoms with Crippen molar-refractivity contribution in [2.75, 3.05) is 0 Å². The van der Waals surface area contributed by atoms with Crippen molar-refractivity contribution in [1.82, 2.24) is 0 Å². The molecule has 0 saturated carbocycles. The Morgan fingerprint density at radius 1 is 0.875 bits per heavy atom. The van der Waals surface area contributed by atoms with Gasteiger partial charge in [-0.05, 0) is 12.2 Å². The Bertz CT molecular complexity index is 107. The highest BCUT2D eigenvalue weighted by Crippen LogP contribution is 1.79. The smallest absolute Gasteiger partial charge is 0.115 e. The number of nitrogens with zero attached hydrogens (tertiary/aromatic N) is 2. The molecule has 1 aliphatic heterocycles. The number of aliphatic imine (C=N–C) groups is 2. The lowest BCUT2D eigenvalue weighted by atomic mass is 10.5. The van der Waals surface area contributed by atoms with Gasteiger partial charge in [0, 0.05) is 12.4 Å². The maximum Gasteiger partial charge on any atom is 0.115 e. The molecule has 0 spiro atoms. The van der Waals surface area contributed by atoms with Crippen LogP contribution in [0.3, 0.4) is 0 Å². The first-order chi connectivity index (χ1) is 4.00. The van der Waals surface area contributed by atoms with Crippen molar-refractivity contribution < 1.29 is 0 Å². The molecule has 2 nitrogen and oxygen atoms in total. The van der Waals surface area contributed by atoms with Gasteiger partial charge in [0.25, 0.3) is 0 Å². The second-order valence-corrected chi connectivity index (χ2v) is 1.29. The van der Waals surface area contributed by atoms with Crippen LogP contribution in [-0.4, -0.2) is 12.6 Å². The van der Waals surface area contributed by atoms with Gasteiger partial charge in [0.1, 0.15) is 6.34 Å². The van der Waals surface area contributed by atoms with Gasteiger partial charge < -0.3 is 0 Å². The van der Waals surface area contributed by atoms with Gasteiger partial charge >= 0.3 is 0 Å². The molecule has 1 rings (SSSR count). The molecule has 8 heavy (non-hydrogen) atoms. The average Bonchev–Trinajstić information content (AvgIpc) is 1.62. The van der Waals surface area contributed by atoms with E-state index in [2.05, 4.69) is 9.98 Å². The zero-order valence-corrected chi connectivity index (χ0v) is 4.36. The van der Waals surface area contributed by atoms with Crippen LogP contribution < -0.4 is 0 Å². The minimum atomic E-state index is 1.50. The summed E-state index contributed by atoms with van der Waals surface area (Å²) < 4.78 is 0. The van der Waals surface area contributed by atoms with Gasteiger partial charge in [-0.25, -0.2) is 9.98 Å². The van der Waals surface area contributed by atoms with Crippen LogP contribution >= 0.6 is 0 Å². The lowest BCUT2D eigenvalue weighted by molar-refractivity contribution is 1.54. The van der Waals surface area contributed by atoms with Gasteiger partial charge in [0.2, 0.25) is 0 Å². The third kappa shape index (κ3) is 1.51. The van der Waals surface area contributed by atoms with Crippen molar-refractivity contribution in [2.24, 2.45) is 9.98 Å². The summed E-state index contributed by atoms with van der Waals surface area (Å²) >= 11 is 0. The molecule has 0 amide bonds. The molecule has 40 valence electrons. The Morgan fingerprint density at radius 3 is 2.88 bits per heavy atom. The summed E-state index contributed by atoms with van der Waals surface area (Å²) in [6.45, 7) is 0. The fourth-order valence-corrected chi connectivity index (χ4v) is 0.378. The van der Waals surface area contributed by atoms with Crippen molar-refractivity contribution >= 4 is 12.6 Å². The minimum Gasteiger partial charge on any atom is -0.245 e. The van der Waals surface area contributed by atoms with Crippen LogP contribution in [0.4, 0.5) is 0 Å². The van der Waals surface area contributed by atoms with E-state index >= 15 is 0 Å². The molecule has 0 aromatic carbocycles. The lowest BCUT2D eigenvalue weighted by Gasteiger charge is -1.77. The van der Waals surface area contributed by atoms with Gasteiger partial charge in [-0.15, -0.1) is 0 Å². The predicted molar refractivity (Wildman–Crippen MR) is 35.3 cm³/mol. The highest BCUT2D eigenvalue weighted by Gasteiger charge is 1.66. The van der Waals surface area contributed by atoms with E-state index in [-0.39, 0.29) is 0 Å². The maximum atomic E-state index is 3.78. The van der Waals surface area contributed by atoms with Crippen LogP contribution in [-0.2, 0) is 0 Å². The van der Waals surface area contributed by atoms with Crippen molar-refractivity contribution in [2.45, 2.75) is 0 Å². The summed E-state index contributed by atoms with van der Waals surface area (Å²) in [6, 6.07) is 0. The molecule has 0 aliphatic carbocycles. The summed E-state index contributed by atoms with van der Waals surface area (Å²) in [5.41, 5.74) is 0. The number of rotatable bonds is 0. The van der Waals surface area contributed by atoms with Crippen molar-refractivity contribution in [3.8, 4) is 0 Å². The van der Waals surface area contributed by atoms with E-state index in [4.69, 9.17) is 0 Å². The molecule has 0 unspecified atom stereocenters. The van der Waals surface area contributed by atoms with Gasteiger partial charge in [-0.2, -0.15) is 0 Å². The molecule has 0 bridgehead atoms. The summed E-state index contributed by atoms with van der Waals surface area (Å²) in [7, 11) is 0. The standard InChI is InChI=1S/C6H6N2/c1-2-4-7-6-8-5-3-1/h1-6H. The summed E-state index contributed by atoms with van der Waals surface area (Å²) in [6.07, 6.45) is 10.4. The number of hydrogen-bond acceptors (Lipinski definition) is 2. The molecule has 0 atom stereocenters. The Balaban J connectivity index is 2.67. The van der Waals surface area contributed by atoms with Crippen molar-refractivity contribution in [3.05, 3.63) is 24.4 Å². The molecule has 0 N–H and O–H groups in total. The number of allylic oxidation sites excluding steroid dienone is 3. The second kappa shape index (κ2) is 2.91. The van der Waals surface area contributed by atoms with Crippen LogP contribution in [0.15, 0.2) is 34.4 Å². The molecule has 0 aromatic heterocycles. The largest absolute Gasteiger partial charge is 0.245 e. The van der Waals surface area contributed by atoms with Gasteiger partial charge in [-0.1, -0.05) is 6.08 Å². The van der Waals surface area contributed by atoms with E-state index in [0.717, 1.165) is 0 Å². The molecule has 0 saturated heterocycles. The predicted octanol–water partition coefficient (Wildman–Crippen LogP) is 1.17. The molecule has 1 aliphatic rings. The number of hydrogen-bond donors (Lipinski definition) is 0. The molecular formula is C6H6N2. The van der Waals surface area contributed by atoms with Gasteiger partial charge in [0.05, 0.1) is 0 Å². The van der Waals surface area contributed by atoms with E-state index < -0.39 is 0 Å². The van der Waals surface area contributed by atoms with Crippen LogP contribution in [0.2, 0.25) is 0 Å². The van der Waals surface area contributed by atoms with E-state index in [1.54, 1.807) is 12.4 Å². The zero-order chi connectivity index (χ0) is 5.66. The van der Waals surface area contributed by atoms with Crippen LogP contribution in [0.5, 0.6) is 0 Å². The van der Waals surface area contributed by atoms with Crippen LogP contribution in [0.1, 0.15) is 0 Å². The first-order valence-corrected chi connectivity index (χ1v) is 2.37. The monoisotopic (exact) mass is 106 g/mol. The van der Waals surface area contributed by atoms with Crippen molar-refractivity contribution in [3.63, 3.8) is 0 Å². The van der Waals surface area contributed by atoms with Gasteiger partial charge in [-0.3, -0.25) is 0 Å². The Labute approximate surface area is 48.0 Å². The highest BCUT2D eigenvalue weighted by atomic mass is 14.8. The van der Waals surface area contributed by atoms with Crippen molar-refractivity contribution in [1.29, 1.82) is 0 Å². The average molecular weight is 106 g/mol. The zero-order valence-electron chi connectivity index (χ0n) is 4.36. The lowest BCUT2D eigenvalue weighted by Crippen LogP contribution is -1.69. The third-order valence-corrected chi connectivity index (χ3v) is 0.700. The molecule has 0 aromatic rings. The SMILES string of the molecule is C1=CC=NC=NC=C1. The van der Waals surface area contributed by atoms with E-state index in [9.17, 15) is 0 Å². The summed E-state index contributed by atoms with van der Waals surface area (Å²) in [5.74, 6) is 0. The van der Waals surface area contributed by atoms with E-state index in [1.807, 2.05) is 18.2 Å². The quantitative estimate of drug-likeness (QED) is 0.443. The molecule has 2 heteroatoms. The van der Waals surface area contributed by atoms with Gasteiger partial charge in [0.15, 0.2) is 0 Å². The highest BCUT2D eigenvalue weighted by molar-refractivity contribution is 5.80. The van der Waals surface area contributed by atoms with E-state index in [0.29, 0.717) is 0 Å². The topological polar surface area (TPSA) is 24.7 Å². The molecule has 0 fully saturated rings. The molecular weight excluding hydrogens is 100 g/mol. The maximum absolute atomic E-state index is 3.78. The first kappa shape index (κ1) is 4.97. The fourth-order valence-electron chi connectivity index (χ4n) is 0.378. The molecule has 1 heterocycles. The first-order valence-electron chi connectivity index (χ1n) is 2.37. The molecule has 0 radical (unpaired) electrons. The van der Waals surface area contributed by atoms with Crippen LogP contribution in [0, 0.1) is 0 Å². The Kier molecular flexibility index (Phi) is 1.80. The normalized spacial score (nSPS) is 16.0. The van der Waals surface area contributed by atoms with E-state index in [1.165, 1.54) is 6.34 Å². The second-order valence-electron chi connectivity index (χ2n) is 1.29.